The molecule has 5 nitrogen and oxygen atoms in total. The SMILES string of the molecule is CC1(C)c2ccccc2Oc2c(-c3ccc(N(c4ccc(-c5cccc6c5Oc5ccccc5O6)cc4)c4cccc5c4Oc4ccccc4[Si]5(C)C)cc3)cccc21. The zero-order valence-corrected chi connectivity index (χ0v) is 34.3. The lowest BCUT2D eigenvalue weighted by Crippen LogP contribution is -2.56. The van der Waals surface area contributed by atoms with Crippen LogP contribution < -0.4 is 34.2 Å². The molecule has 0 N–H and O–H groups in total. The quantitative estimate of drug-likeness (QED) is 0.163. The van der Waals surface area contributed by atoms with E-state index in [1.807, 2.05) is 42.5 Å². The van der Waals surface area contributed by atoms with E-state index in [0.29, 0.717) is 23.0 Å². The summed E-state index contributed by atoms with van der Waals surface area (Å²) in [5, 5.41) is 2.58. The highest BCUT2D eigenvalue weighted by Crippen LogP contribution is 2.53. The molecule has 0 radical (unpaired) electrons. The van der Waals surface area contributed by atoms with Crippen LogP contribution in [0.25, 0.3) is 22.3 Å². The fourth-order valence-electron chi connectivity index (χ4n) is 9.10. The zero-order valence-electron chi connectivity index (χ0n) is 33.3. The van der Waals surface area contributed by atoms with Crippen molar-refractivity contribution in [2.75, 3.05) is 4.90 Å². The summed E-state index contributed by atoms with van der Waals surface area (Å²) in [4.78, 5) is 2.32. The zero-order chi connectivity index (χ0) is 39.9. The van der Waals surface area contributed by atoms with E-state index in [2.05, 4.69) is 165 Å². The molecular weight excluding hydrogens is 743 g/mol. The van der Waals surface area contributed by atoms with Crippen molar-refractivity contribution in [3.63, 3.8) is 0 Å². The molecule has 59 heavy (non-hydrogen) atoms. The van der Waals surface area contributed by atoms with Gasteiger partial charge in [0.05, 0.1) is 5.69 Å². The fraction of sp³-hybridized carbons (Fsp3) is 0.0943. The first-order valence-corrected chi connectivity index (χ1v) is 23.2. The molecule has 0 atom stereocenters. The van der Waals surface area contributed by atoms with Crippen LogP contribution in [-0.2, 0) is 5.41 Å². The van der Waals surface area contributed by atoms with Gasteiger partial charge in [0, 0.05) is 39.0 Å². The average molecular weight is 784 g/mol. The minimum absolute atomic E-state index is 0.201. The third-order valence-electron chi connectivity index (χ3n) is 12.3. The first-order chi connectivity index (χ1) is 28.8. The van der Waals surface area contributed by atoms with Crippen LogP contribution in [0.1, 0.15) is 25.0 Å². The van der Waals surface area contributed by atoms with E-state index < -0.39 is 8.07 Å². The maximum atomic E-state index is 6.90. The Balaban J connectivity index is 1.02. The van der Waals surface area contributed by atoms with Gasteiger partial charge in [0.25, 0.3) is 0 Å². The van der Waals surface area contributed by atoms with Crippen LogP contribution in [-0.4, -0.2) is 8.07 Å². The molecule has 3 heterocycles. The number of benzene rings is 8. The van der Waals surface area contributed by atoms with Crippen molar-refractivity contribution < 1.29 is 18.9 Å². The Hall–Kier alpha value is -7.02. The van der Waals surface area contributed by atoms with E-state index in [-0.39, 0.29) is 5.41 Å². The van der Waals surface area contributed by atoms with Crippen LogP contribution >= 0.6 is 0 Å². The van der Waals surface area contributed by atoms with Gasteiger partial charge in [-0.2, -0.15) is 0 Å². The van der Waals surface area contributed by atoms with Crippen molar-refractivity contribution in [3.05, 3.63) is 187 Å². The molecule has 0 aliphatic carbocycles. The van der Waals surface area contributed by atoms with Gasteiger partial charge in [-0.15, -0.1) is 0 Å². The van der Waals surface area contributed by atoms with Crippen molar-refractivity contribution in [2.24, 2.45) is 0 Å². The second kappa shape index (κ2) is 13.3. The summed E-state index contributed by atoms with van der Waals surface area (Å²) in [6, 6.07) is 61.3. The highest BCUT2D eigenvalue weighted by molar-refractivity contribution is 7.01. The van der Waals surface area contributed by atoms with E-state index >= 15 is 0 Å². The molecule has 0 aromatic heterocycles. The molecule has 0 spiro atoms. The molecule has 8 aromatic carbocycles. The molecule has 0 unspecified atom stereocenters. The molecule has 0 amide bonds. The van der Waals surface area contributed by atoms with E-state index in [4.69, 9.17) is 18.9 Å². The molecule has 0 bridgehead atoms. The summed E-state index contributed by atoms with van der Waals surface area (Å²) in [5.74, 6) is 6.49. The number of fused-ring (bicyclic) bond motifs is 6. The number of anilines is 3. The third kappa shape index (κ3) is 5.58. The predicted octanol–water partition coefficient (Wildman–Crippen LogP) is 13.7. The summed E-state index contributed by atoms with van der Waals surface area (Å²) in [6.07, 6.45) is 0. The molecule has 8 aromatic rings. The van der Waals surface area contributed by atoms with Crippen LogP contribution in [0.15, 0.2) is 176 Å². The monoisotopic (exact) mass is 783 g/mol. The van der Waals surface area contributed by atoms with Gasteiger partial charge in [-0.3, -0.25) is 0 Å². The second-order valence-electron chi connectivity index (χ2n) is 16.5. The Labute approximate surface area is 345 Å². The van der Waals surface area contributed by atoms with Gasteiger partial charge >= 0.3 is 0 Å². The first kappa shape index (κ1) is 35.2. The molecule has 6 heteroatoms. The lowest BCUT2D eigenvalue weighted by Gasteiger charge is -2.36. The van der Waals surface area contributed by atoms with E-state index in [0.717, 1.165) is 62.3 Å². The lowest BCUT2D eigenvalue weighted by molar-refractivity contribution is 0.361. The fourth-order valence-corrected chi connectivity index (χ4v) is 11.9. The normalized spacial score (nSPS) is 14.6. The maximum Gasteiger partial charge on any atom is 0.177 e. The van der Waals surface area contributed by atoms with Gasteiger partial charge in [0.15, 0.2) is 28.7 Å². The Morgan fingerprint density at radius 3 is 1.59 bits per heavy atom. The van der Waals surface area contributed by atoms with Crippen LogP contribution in [0, 0.1) is 0 Å². The molecule has 3 aliphatic heterocycles. The van der Waals surface area contributed by atoms with Crippen LogP contribution in [0.5, 0.6) is 46.0 Å². The van der Waals surface area contributed by atoms with Crippen molar-refractivity contribution in [1.82, 2.24) is 0 Å². The van der Waals surface area contributed by atoms with Crippen LogP contribution in [0.2, 0.25) is 13.1 Å². The largest absolute Gasteiger partial charge is 0.456 e. The van der Waals surface area contributed by atoms with E-state index in [1.165, 1.54) is 21.5 Å². The molecule has 0 saturated heterocycles. The first-order valence-electron chi connectivity index (χ1n) is 20.2. The summed E-state index contributed by atoms with van der Waals surface area (Å²) in [5.41, 5.74) is 9.32. The Morgan fingerprint density at radius 2 is 0.881 bits per heavy atom. The van der Waals surface area contributed by atoms with Gasteiger partial charge in [-0.05, 0) is 82.2 Å². The summed E-state index contributed by atoms with van der Waals surface area (Å²) in [7, 11) is -2.10. The van der Waals surface area contributed by atoms with Crippen molar-refractivity contribution in [3.8, 4) is 68.2 Å². The minimum atomic E-state index is -2.10. The smallest absolute Gasteiger partial charge is 0.177 e. The number of hydrogen-bond acceptors (Lipinski definition) is 5. The number of hydrogen-bond donors (Lipinski definition) is 0. The third-order valence-corrected chi connectivity index (χ3v) is 15.8. The molecule has 0 fully saturated rings. The van der Waals surface area contributed by atoms with E-state index in [9.17, 15) is 0 Å². The molecular formula is C53H41NO4Si. The van der Waals surface area contributed by atoms with Gasteiger partial charge in [-0.25, -0.2) is 0 Å². The lowest BCUT2D eigenvalue weighted by atomic mass is 9.75. The number of para-hydroxylation sites is 7. The van der Waals surface area contributed by atoms with Gasteiger partial charge in [-0.1, -0.05) is 142 Å². The number of nitrogens with zero attached hydrogens (tertiary/aromatic N) is 1. The van der Waals surface area contributed by atoms with E-state index in [1.54, 1.807) is 0 Å². The Kier molecular flexibility index (Phi) is 7.91. The standard InChI is InChI=1S/C53H41NO4Si/c1-53(2)40-16-5-6-19-43(40)56-50-38(14-11-17-41(50)53)34-26-30-36(31-27-34)54(42-18-13-25-49-52(42)58-46-22-9-10-24-48(46)59(49,3)4)37-32-28-35(29-33-37)39-15-12-23-47-51(39)57-45-21-8-7-20-44(45)55-47/h5-33H,1-4H3. The Morgan fingerprint density at radius 1 is 0.390 bits per heavy atom. The minimum Gasteiger partial charge on any atom is -0.456 e. The molecule has 286 valence electrons. The summed E-state index contributed by atoms with van der Waals surface area (Å²) < 4.78 is 26.3. The van der Waals surface area contributed by atoms with Crippen molar-refractivity contribution in [2.45, 2.75) is 32.4 Å². The van der Waals surface area contributed by atoms with Gasteiger partial charge < -0.3 is 23.8 Å². The predicted molar refractivity (Wildman–Crippen MR) is 240 cm³/mol. The highest BCUT2D eigenvalue weighted by Gasteiger charge is 2.39. The molecule has 11 rings (SSSR count). The summed E-state index contributed by atoms with van der Waals surface area (Å²) >= 11 is 0. The van der Waals surface area contributed by atoms with Crippen molar-refractivity contribution in [1.29, 1.82) is 0 Å². The number of ether oxygens (including phenoxy) is 4. The molecule has 3 aliphatic rings. The Bertz CT molecular complexity index is 2950. The average Bonchev–Trinajstić information content (AvgIpc) is 3.26. The highest BCUT2D eigenvalue weighted by atomic mass is 28.3. The van der Waals surface area contributed by atoms with Gasteiger partial charge in [0.1, 0.15) is 25.3 Å². The van der Waals surface area contributed by atoms with Crippen LogP contribution in [0.3, 0.4) is 0 Å². The molecule has 0 saturated carbocycles. The van der Waals surface area contributed by atoms with Crippen molar-refractivity contribution >= 4 is 35.5 Å². The summed E-state index contributed by atoms with van der Waals surface area (Å²) in [6.45, 7) is 9.39. The maximum absolute atomic E-state index is 6.90. The second-order valence-corrected chi connectivity index (χ2v) is 20.8. The van der Waals surface area contributed by atoms with Crippen LogP contribution in [0.4, 0.5) is 17.1 Å². The topological polar surface area (TPSA) is 40.2 Å². The number of rotatable bonds is 5. The van der Waals surface area contributed by atoms with Gasteiger partial charge in [0.2, 0.25) is 0 Å².